The Balaban J connectivity index is 2.97. The highest BCUT2D eigenvalue weighted by Crippen LogP contribution is 2.06. The molecule has 0 aliphatic carbocycles. The van der Waals surface area contributed by atoms with E-state index in [4.69, 9.17) is 23.7 Å². The zero-order valence-corrected chi connectivity index (χ0v) is 8.80. The van der Waals surface area contributed by atoms with E-state index < -0.39 is 5.91 Å². The molecule has 1 aromatic rings. The topological polar surface area (TPSA) is 69.1 Å². The maximum absolute atomic E-state index is 10.5. The minimum absolute atomic E-state index is 0.0334. The van der Waals surface area contributed by atoms with E-state index in [1.807, 2.05) is 12.1 Å². The number of carbonyl (C=O) groups is 1. The van der Waals surface area contributed by atoms with Crippen molar-refractivity contribution in [3.63, 3.8) is 0 Å². The Labute approximate surface area is 93.5 Å². The highest BCUT2D eigenvalue weighted by atomic mass is 32.1. The molecule has 4 heteroatoms. The lowest BCUT2D eigenvalue weighted by molar-refractivity contribution is -0.117. The van der Waals surface area contributed by atoms with Gasteiger partial charge in [-0.05, 0) is 6.07 Å². The molecule has 1 aromatic carbocycles. The summed E-state index contributed by atoms with van der Waals surface area (Å²) in [7, 11) is 0. The van der Waals surface area contributed by atoms with Gasteiger partial charge in [-0.1, -0.05) is 42.3 Å². The zero-order chi connectivity index (χ0) is 11.3. The van der Waals surface area contributed by atoms with Crippen LogP contribution in [0.1, 0.15) is 17.5 Å². The molecule has 0 radical (unpaired) electrons. The van der Waals surface area contributed by atoms with Gasteiger partial charge in [-0.2, -0.15) is 0 Å². The van der Waals surface area contributed by atoms with E-state index in [1.54, 1.807) is 12.1 Å². The fourth-order valence-corrected chi connectivity index (χ4v) is 1.21. The molecule has 0 aliphatic heterocycles. The largest absolute Gasteiger partial charge is 0.389 e. The van der Waals surface area contributed by atoms with Crippen LogP contribution in [0.5, 0.6) is 0 Å². The molecular weight excluding hydrogens is 208 g/mol. The van der Waals surface area contributed by atoms with Gasteiger partial charge in [-0.3, -0.25) is 4.79 Å². The molecule has 0 heterocycles. The highest BCUT2D eigenvalue weighted by Gasteiger charge is 2.00. The summed E-state index contributed by atoms with van der Waals surface area (Å²) in [5.74, 6) is 5.02. The minimum Gasteiger partial charge on any atom is -0.389 e. The lowest BCUT2D eigenvalue weighted by Gasteiger charge is -2.00. The zero-order valence-electron chi connectivity index (χ0n) is 7.99. The van der Waals surface area contributed by atoms with Crippen LogP contribution >= 0.6 is 12.2 Å². The number of benzene rings is 1. The first-order valence-electron chi connectivity index (χ1n) is 4.27. The third-order valence-corrected chi connectivity index (χ3v) is 1.90. The summed E-state index contributed by atoms with van der Waals surface area (Å²) in [6.07, 6.45) is 0.0334. The average molecular weight is 218 g/mol. The number of primary amides is 1. The van der Waals surface area contributed by atoms with Crippen LogP contribution in [-0.4, -0.2) is 10.9 Å². The van der Waals surface area contributed by atoms with Crippen LogP contribution in [0.3, 0.4) is 0 Å². The van der Waals surface area contributed by atoms with E-state index in [-0.39, 0.29) is 6.42 Å². The molecule has 1 amide bonds. The molecule has 0 atom stereocenters. The molecule has 0 unspecified atom stereocenters. The summed E-state index contributed by atoms with van der Waals surface area (Å²) < 4.78 is 0. The number of carbonyl (C=O) groups excluding carboxylic acids is 1. The number of rotatable bonds is 2. The number of hydrogen-bond donors (Lipinski definition) is 2. The molecule has 4 N–H and O–H groups in total. The number of thiocarbonyl (C=S) groups is 1. The van der Waals surface area contributed by atoms with Crippen LogP contribution in [0.2, 0.25) is 0 Å². The number of nitrogens with two attached hydrogens (primary N) is 2. The summed E-state index contributed by atoms with van der Waals surface area (Å²) in [4.78, 5) is 10.8. The maximum Gasteiger partial charge on any atom is 0.229 e. The number of amides is 1. The summed E-state index contributed by atoms with van der Waals surface area (Å²) in [6, 6.07) is 7.24. The summed E-state index contributed by atoms with van der Waals surface area (Å²) in [6.45, 7) is 0. The Morgan fingerprint density at radius 3 is 2.60 bits per heavy atom. The first kappa shape index (κ1) is 11.2. The second-order valence-corrected chi connectivity index (χ2v) is 3.29. The summed E-state index contributed by atoms with van der Waals surface area (Å²) >= 11 is 4.87. The van der Waals surface area contributed by atoms with Crippen molar-refractivity contribution in [2.45, 2.75) is 6.42 Å². The SMILES string of the molecule is NC(=O)CC#Cc1ccccc1C(N)=S. The van der Waals surface area contributed by atoms with Crippen LogP contribution < -0.4 is 11.5 Å². The fraction of sp³-hybridized carbons (Fsp3) is 0.0909. The van der Waals surface area contributed by atoms with Gasteiger partial charge in [-0.15, -0.1) is 0 Å². The van der Waals surface area contributed by atoms with Gasteiger partial charge in [0.05, 0.1) is 6.42 Å². The standard InChI is InChI=1S/C11H10N2OS/c12-10(14)7-3-5-8-4-1-2-6-9(8)11(13)15/h1-2,4,6H,7H2,(H2,12,14)(H2,13,15). The molecule has 0 aromatic heterocycles. The fourth-order valence-electron chi connectivity index (χ4n) is 1.03. The second-order valence-electron chi connectivity index (χ2n) is 2.85. The summed E-state index contributed by atoms with van der Waals surface area (Å²) in [5.41, 5.74) is 11.9. The smallest absolute Gasteiger partial charge is 0.229 e. The molecule has 0 fully saturated rings. The molecule has 0 bridgehead atoms. The van der Waals surface area contributed by atoms with E-state index in [0.717, 1.165) is 0 Å². The first-order chi connectivity index (χ1) is 7.11. The lowest BCUT2D eigenvalue weighted by Crippen LogP contribution is -2.11. The molecular formula is C11H10N2OS. The molecule has 1 rings (SSSR count). The predicted molar refractivity (Wildman–Crippen MR) is 63.0 cm³/mol. The molecule has 3 nitrogen and oxygen atoms in total. The third-order valence-electron chi connectivity index (χ3n) is 1.68. The van der Waals surface area contributed by atoms with Crippen LogP contribution in [0.25, 0.3) is 0 Å². The van der Waals surface area contributed by atoms with Crippen molar-refractivity contribution >= 4 is 23.1 Å². The van der Waals surface area contributed by atoms with Crippen molar-refractivity contribution < 1.29 is 4.79 Å². The maximum atomic E-state index is 10.5. The normalized spacial score (nSPS) is 8.80. The average Bonchev–Trinajstić information content (AvgIpc) is 2.17. The Hall–Kier alpha value is -1.86. The number of hydrogen-bond acceptors (Lipinski definition) is 2. The van der Waals surface area contributed by atoms with Crippen molar-refractivity contribution in [3.8, 4) is 11.8 Å². The van der Waals surface area contributed by atoms with E-state index in [2.05, 4.69) is 11.8 Å². The van der Waals surface area contributed by atoms with Gasteiger partial charge in [0.1, 0.15) is 4.99 Å². The molecule has 0 aliphatic rings. The van der Waals surface area contributed by atoms with Gasteiger partial charge in [0.25, 0.3) is 0 Å². The van der Waals surface area contributed by atoms with Gasteiger partial charge in [0, 0.05) is 11.1 Å². The molecule has 0 saturated heterocycles. The first-order valence-corrected chi connectivity index (χ1v) is 4.68. The second kappa shape index (κ2) is 5.13. The quantitative estimate of drug-likeness (QED) is 0.562. The van der Waals surface area contributed by atoms with Crippen molar-refractivity contribution in [2.75, 3.05) is 0 Å². The minimum atomic E-state index is -0.449. The monoisotopic (exact) mass is 218 g/mol. The summed E-state index contributed by atoms with van der Waals surface area (Å²) in [5, 5.41) is 0. The van der Waals surface area contributed by atoms with Crippen molar-refractivity contribution in [2.24, 2.45) is 11.5 Å². The van der Waals surface area contributed by atoms with E-state index in [1.165, 1.54) is 0 Å². The van der Waals surface area contributed by atoms with Crippen molar-refractivity contribution in [1.29, 1.82) is 0 Å². The van der Waals surface area contributed by atoms with Gasteiger partial charge < -0.3 is 11.5 Å². The van der Waals surface area contributed by atoms with Crippen molar-refractivity contribution in [1.82, 2.24) is 0 Å². The van der Waals surface area contributed by atoms with Gasteiger partial charge in [0.2, 0.25) is 5.91 Å². The molecule has 0 spiro atoms. The van der Waals surface area contributed by atoms with E-state index in [0.29, 0.717) is 16.1 Å². The van der Waals surface area contributed by atoms with Gasteiger partial charge in [-0.25, -0.2) is 0 Å². The lowest BCUT2D eigenvalue weighted by atomic mass is 10.1. The van der Waals surface area contributed by atoms with Crippen LogP contribution in [0.15, 0.2) is 24.3 Å². The Morgan fingerprint density at radius 2 is 2.00 bits per heavy atom. The van der Waals surface area contributed by atoms with E-state index >= 15 is 0 Å². The highest BCUT2D eigenvalue weighted by molar-refractivity contribution is 7.80. The van der Waals surface area contributed by atoms with Gasteiger partial charge >= 0.3 is 0 Å². The van der Waals surface area contributed by atoms with E-state index in [9.17, 15) is 4.79 Å². The molecule has 0 saturated carbocycles. The Kier molecular flexibility index (Phi) is 3.83. The van der Waals surface area contributed by atoms with Gasteiger partial charge in [0.15, 0.2) is 0 Å². The third kappa shape index (κ3) is 3.41. The van der Waals surface area contributed by atoms with Crippen LogP contribution in [0.4, 0.5) is 0 Å². The van der Waals surface area contributed by atoms with Crippen LogP contribution in [-0.2, 0) is 4.79 Å². The molecule has 15 heavy (non-hydrogen) atoms. The van der Waals surface area contributed by atoms with Crippen LogP contribution in [0, 0.1) is 11.8 Å². The predicted octanol–water partition coefficient (Wildman–Crippen LogP) is 0.548. The Bertz CT molecular complexity index is 457. The molecule has 76 valence electrons. The van der Waals surface area contributed by atoms with Crippen molar-refractivity contribution in [3.05, 3.63) is 35.4 Å². The Morgan fingerprint density at radius 1 is 1.33 bits per heavy atom.